The highest BCUT2D eigenvalue weighted by atomic mass is 16.5. The Hall–Kier alpha value is -4.96. The number of aromatic nitrogens is 2. The lowest BCUT2D eigenvalue weighted by Crippen LogP contribution is -2.42. The summed E-state index contributed by atoms with van der Waals surface area (Å²) in [5.74, 6) is 2.84. The Balaban J connectivity index is 1.01. The van der Waals surface area contributed by atoms with Gasteiger partial charge in [0.15, 0.2) is 11.5 Å². The molecule has 2 aliphatic heterocycles. The molecule has 0 saturated carbocycles. The number of carbonyl (C=O) groups is 1. The summed E-state index contributed by atoms with van der Waals surface area (Å²) < 4.78 is 24.3. The number of piperidine rings is 1. The predicted octanol–water partition coefficient (Wildman–Crippen LogP) is 6.63. The fourth-order valence-electron chi connectivity index (χ4n) is 7.77. The van der Waals surface area contributed by atoms with Gasteiger partial charge in [-0.25, -0.2) is 4.98 Å². The fraction of sp³-hybridized carbons (Fsp3) is 0.400. The van der Waals surface area contributed by atoms with Gasteiger partial charge < -0.3 is 38.3 Å². The molecule has 1 atom stereocenters. The first-order valence-electron chi connectivity index (χ1n) is 17.5. The van der Waals surface area contributed by atoms with Crippen LogP contribution in [0.1, 0.15) is 42.4 Å². The standard InChI is InChI=1S/C40H47N5O5/c1-47-35-21-31(22-36(48-2)38(35)49-3)25-44-28-40(24-37(44)46,23-29-9-5-4-6-10-29)16-19-43-17-13-32(14-18-43)41-39-42-33-11-7-8-12-34(33)45(39)26-30-15-20-50-27-30/h4-12,15,20-22,27,32H,13-14,16-19,23-26,28H2,1-3H3,(H,41,42). The molecule has 0 radical (unpaired) electrons. The number of amides is 1. The largest absolute Gasteiger partial charge is 0.493 e. The van der Waals surface area contributed by atoms with Gasteiger partial charge in [-0.15, -0.1) is 0 Å². The van der Waals surface area contributed by atoms with Crippen LogP contribution < -0.4 is 19.5 Å². The molecule has 2 fully saturated rings. The number of anilines is 1. The molecule has 4 heterocycles. The fourth-order valence-corrected chi connectivity index (χ4v) is 7.77. The van der Waals surface area contributed by atoms with Gasteiger partial charge in [0.25, 0.3) is 0 Å². The van der Waals surface area contributed by atoms with E-state index in [9.17, 15) is 4.79 Å². The molecule has 7 rings (SSSR count). The van der Waals surface area contributed by atoms with Crippen LogP contribution in [0.15, 0.2) is 89.7 Å². The summed E-state index contributed by atoms with van der Waals surface area (Å²) in [4.78, 5) is 23.2. The number of nitrogens with zero attached hydrogens (tertiary/aromatic N) is 4. The van der Waals surface area contributed by atoms with Gasteiger partial charge in [0.2, 0.25) is 17.6 Å². The summed E-state index contributed by atoms with van der Waals surface area (Å²) in [6, 6.07) is 25.1. The number of para-hydroxylation sites is 2. The number of ether oxygens (including phenoxy) is 3. The number of methoxy groups -OCH3 is 3. The third-order valence-corrected chi connectivity index (χ3v) is 10.4. The van der Waals surface area contributed by atoms with Crippen molar-refractivity contribution in [2.24, 2.45) is 5.41 Å². The molecule has 1 unspecified atom stereocenters. The average Bonchev–Trinajstić information content (AvgIpc) is 3.86. The first-order chi connectivity index (χ1) is 24.5. The Morgan fingerprint density at radius 3 is 2.32 bits per heavy atom. The quantitative estimate of drug-likeness (QED) is 0.140. The zero-order valence-corrected chi connectivity index (χ0v) is 29.3. The van der Waals surface area contributed by atoms with Crippen molar-refractivity contribution in [2.75, 3.05) is 52.8 Å². The van der Waals surface area contributed by atoms with E-state index in [1.165, 1.54) is 5.56 Å². The van der Waals surface area contributed by atoms with Gasteiger partial charge in [-0.1, -0.05) is 42.5 Å². The third kappa shape index (κ3) is 7.31. The molecule has 10 heteroatoms. The maximum atomic E-state index is 13.7. The lowest BCUT2D eigenvalue weighted by Gasteiger charge is -2.36. The number of imidazole rings is 1. The van der Waals surface area contributed by atoms with Crippen LogP contribution in [0, 0.1) is 5.41 Å². The van der Waals surface area contributed by atoms with Crippen molar-refractivity contribution < 1.29 is 23.4 Å². The van der Waals surface area contributed by atoms with E-state index in [-0.39, 0.29) is 11.3 Å². The molecular weight excluding hydrogens is 630 g/mol. The Kier molecular flexibility index (Phi) is 9.98. The summed E-state index contributed by atoms with van der Waals surface area (Å²) in [5, 5.41) is 3.78. The molecule has 2 aliphatic rings. The molecule has 0 aliphatic carbocycles. The maximum absolute atomic E-state index is 13.7. The second kappa shape index (κ2) is 14.9. The minimum absolute atomic E-state index is 0.147. The first kappa shape index (κ1) is 33.5. The van der Waals surface area contributed by atoms with E-state index in [1.807, 2.05) is 29.2 Å². The molecule has 0 spiro atoms. The number of carbonyl (C=O) groups excluding carboxylic acids is 1. The lowest BCUT2D eigenvalue weighted by molar-refractivity contribution is -0.128. The molecule has 10 nitrogen and oxygen atoms in total. The van der Waals surface area contributed by atoms with Gasteiger partial charge in [-0.05, 0) is 73.7 Å². The van der Waals surface area contributed by atoms with Crippen LogP contribution in [0.5, 0.6) is 17.2 Å². The van der Waals surface area contributed by atoms with Crippen molar-refractivity contribution in [2.45, 2.75) is 51.2 Å². The Morgan fingerprint density at radius 2 is 1.62 bits per heavy atom. The Morgan fingerprint density at radius 1 is 0.880 bits per heavy atom. The average molecular weight is 678 g/mol. The molecule has 262 valence electrons. The highest BCUT2D eigenvalue weighted by molar-refractivity contribution is 5.80. The Bertz CT molecular complexity index is 1860. The number of furan rings is 1. The van der Waals surface area contributed by atoms with E-state index in [1.54, 1.807) is 33.9 Å². The van der Waals surface area contributed by atoms with Crippen molar-refractivity contribution >= 4 is 22.9 Å². The first-order valence-corrected chi connectivity index (χ1v) is 17.5. The monoisotopic (exact) mass is 677 g/mol. The van der Waals surface area contributed by atoms with Crippen molar-refractivity contribution in [1.82, 2.24) is 19.4 Å². The number of rotatable bonds is 14. The van der Waals surface area contributed by atoms with Crippen LogP contribution in [0.3, 0.4) is 0 Å². The summed E-state index contributed by atoms with van der Waals surface area (Å²) in [6.45, 7) is 4.88. The van der Waals surface area contributed by atoms with Crippen LogP contribution in [-0.2, 0) is 24.3 Å². The van der Waals surface area contributed by atoms with Crippen molar-refractivity contribution in [1.29, 1.82) is 0 Å². The molecule has 5 aromatic rings. The van der Waals surface area contributed by atoms with Crippen molar-refractivity contribution in [3.05, 3.63) is 102 Å². The van der Waals surface area contributed by atoms with E-state index in [0.717, 1.165) is 73.4 Å². The lowest BCUT2D eigenvalue weighted by atomic mass is 9.77. The molecule has 50 heavy (non-hydrogen) atoms. The molecule has 1 amide bonds. The van der Waals surface area contributed by atoms with Crippen LogP contribution >= 0.6 is 0 Å². The van der Waals surface area contributed by atoms with Gasteiger partial charge in [-0.3, -0.25) is 4.79 Å². The molecule has 1 N–H and O–H groups in total. The van der Waals surface area contributed by atoms with Crippen LogP contribution in [0.2, 0.25) is 0 Å². The maximum Gasteiger partial charge on any atom is 0.223 e. The third-order valence-electron chi connectivity index (χ3n) is 10.4. The molecule has 2 aromatic heterocycles. The highest BCUT2D eigenvalue weighted by Crippen LogP contribution is 2.42. The summed E-state index contributed by atoms with van der Waals surface area (Å²) in [7, 11) is 4.83. The van der Waals surface area contributed by atoms with E-state index in [0.29, 0.717) is 49.3 Å². The molecule has 2 saturated heterocycles. The van der Waals surface area contributed by atoms with E-state index in [2.05, 4.69) is 63.3 Å². The van der Waals surface area contributed by atoms with E-state index in [4.69, 9.17) is 23.6 Å². The topological polar surface area (TPSA) is 94.2 Å². The highest BCUT2D eigenvalue weighted by Gasteiger charge is 2.43. The van der Waals surface area contributed by atoms with E-state index >= 15 is 0 Å². The number of nitrogens with one attached hydrogen (secondary N) is 1. The number of hydrogen-bond donors (Lipinski definition) is 1. The minimum atomic E-state index is -0.147. The van der Waals surface area contributed by atoms with Crippen LogP contribution in [0.4, 0.5) is 5.95 Å². The van der Waals surface area contributed by atoms with Gasteiger partial charge in [0.1, 0.15) is 0 Å². The summed E-state index contributed by atoms with van der Waals surface area (Å²) in [5.41, 5.74) is 5.30. The molecule has 0 bridgehead atoms. The van der Waals surface area contributed by atoms with E-state index < -0.39 is 0 Å². The van der Waals surface area contributed by atoms with Gasteiger partial charge in [-0.2, -0.15) is 0 Å². The normalized spacial score (nSPS) is 18.5. The van der Waals surface area contributed by atoms with Crippen molar-refractivity contribution in [3.8, 4) is 17.2 Å². The minimum Gasteiger partial charge on any atom is -0.493 e. The SMILES string of the molecule is COc1cc(CN2CC(CCN3CCC(Nc4nc5ccccc5n4Cc4ccoc4)CC3)(Cc3ccccc3)CC2=O)cc(OC)c1OC. The van der Waals surface area contributed by atoms with Gasteiger partial charge in [0, 0.05) is 49.6 Å². The molecular formula is C40H47N5O5. The summed E-state index contributed by atoms with van der Waals surface area (Å²) >= 11 is 0. The van der Waals surface area contributed by atoms with Gasteiger partial charge >= 0.3 is 0 Å². The number of likely N-dealkylation sites (tertiary alicyclic amines) is 2. The Labute approximate surface area is 293 Å². The number of hydrogen-bond acceptors (Lipinski definition) is 8. The predicted molar refractivity (Wildman–Crippen MR) is 194 cm³/mol. The van der Waals surface area contributed by atoms with Crippen LogP contribution in [0.25, 0.3) is 11.0 Å². The van der Waals surface area contributed by atoms with Crippen LogP contribution in [-0.4, -0.2) is 78.8 Å². The van der Waals surface area contributed by atoms with Crippen molar-refractivity contribution in [3.63, 3.8) is 0 Å². The molecule has 3 aromatic carbocycles. The van der Waals surface area contributed by atoms with Gasteiger partial charge in [0.05, 0.1) is 51.4 Å². The zero-order valence-electron chi connectivity index (χ0n) is 29.3. The second-order valence-electron chi connectivity index (χ2n) is 13.8. The number of fused-ring (bicyclic) bond motifs is 1. The second-order valence-corrected chi connectivity index (χ2v) is 13.8. The zero-order chi connectivity index (χ0) is 34.5. The summed E-state index contributed by atoms with van der Waals surface area (Å²) in [6.07, 6.45) is 7.95. The smallest absolute Gasteiger partial charge is 0.223 e. The number of benzene rings is 3.